The first kappa shape index (κ1) is 10.4. The van der Waals surface area contributed by atoms with Crippen molar-refractivity contribution in [3.63, 3.8) is 0 Å². The van der Waals surface area contributed by atoms with Crippen molar-refractivity contribution < 1.29 is 4.79 Å². The maximum absolute atomic E-state index is 10.5. The highest BCUT2D eigenvalue weighted by atomic mass is 16.1. The molecule has 0 aliphatic heterocycles. The molecule has 0 aromatic heterocycles. The van der Waals surface area contributed by atoms with Crippen LogP contribution in [0.25, 0.3) is 0 Å². The van der Waals surface area contributed by atoms with Gasteiger partial charge in [0.15, 0.2) is 0 Å². The highest BCUT2D eigenvalue weighted by molar-refractivity contribution is 5.72. The summed E-state index contributed by atoms with van der Waals surface area (Å²) >= 11 is 0. The van der Waals surface area contributed by atoms with Crippen molar-refractivity contribution in [2.24, 2.45) is 0 Å². The molecule has 0 heterocycles. The molecule has 0 aliphatic carbocycles. The molecule has 1 atom stereocenters. The van der Waals surface area contributed by atoms with Crippen LogP contribution >= 0.6 is 0 Å². The van der Waals surface area contributed by atoms with Gasteiger partial charge in [-0.2, -0.15) is 0 Å². The van der Waals surface area contributed by atoms with Gasteiger partial charge < -0.3 is 10.6 Å². The lowest BCUT2D eigenvalue weighted by Gasteiger charge is -2.16. The quantitative estimate of drug-likeness (QED) is 0.626. The van der Waals surface area contributed by atoms with Gasteiger partial charge in [0, 0.05) is 25.6 Å². The van der Waals surface area contributed by atoms with Gasteiger partial charge in [-0.1, -0.05) is 13.8 Å². The second-order valence-corrected chi connectivity index (χ2v) is 3.16. The Bertz CT molecular complexity index is 123. The molecule has 66 valence electrons. The van der Waals surface area contributed by atoms with E-state index in [4.69, 9.17) is 0 Å². The fourth-order valence-corrected chi connectivity index (χ4v) is 0.925. The van der Waals surface area contributed by atoms with E-state index in [-0.39, 0.29) is 5.91 Å². The Kier molecular flexibility index (Phi) is 4.86. The summed E-state index contributed by atoms with van der Waals surface area (Å²) in [5.74, 6) is 0.0300. The number of nitrogens with one attached hydrogen (secondary N) is 2. The van der Waals surface area contributed by atoms with E-state index in [0.29, 0.717) is 18.6 Å². The predicted octanol–water partition coefficient (Wildman–Crippen LogP) is 0.509. The molecule has 3 nitrogen and oxygen atoms in total. The van der Waals surface area contributed by atoms with E-state index < -0.39 is 0 Å². The average molecular weight is 158 g/mol. The summed E-state index contributed by atoms with van der Waals surface area (Å²) in [5, 5.41) is 6.03. The monoisotopic (exact) mass is 158 g/mol. The molecular formula is C8H18N2O. The average Bonchev–Trinajstić information content (AvgIpc) is 1.82. The molecule has 0 bridgehead atoms. The van der Waals surface area contributed by atoms with Crippen molar-refractivity contribution in [1.29, 1.82) is 0 Å². The minimum absolute atomic E-state index is 0.0300. The lowest BCUT2D eigenvalue weighted by molar-refractivity contribution is -0.119. The summed E-state index contributed by atoms with van der Waals surface area (Å²) in [6.45, 7) is 8.46. The molecule has 11 heavy (non-hydrogen) atoms. The van der Waals surface area contributed by atoms with Crippen molar-refractivity contribution in [2.45, 2.75) is 39.8 Å². The van der Waals surface area contributed by atoms with Gasteiger partial charge >= 0.3 is 0 Å². The second kappa shape index (κ2) is 5.13. The lowest BCUT2D eigenvalue weighted by atomic mass is 10.3. The first-order valence-electron chi connectivity index (χ1n) is 4.03. The summed E-state index contributed by atoms with van der Waals surface area (Å²) in [5.41, 5.74) is 0. The topological polar surface area (TPSA) is 41.1 Å². The minimum Gasteiger partial charge on any atom is -0.355 e. The van der Waals surface area contributed by atoms with Crippen molar-refractivity contribution in [3.05, 3.63) is 0 Å². The molecule has 0 aromatic carbocycles. The van der Waals surface area contributed by atoms with E-state index in [0.717, 1.165) is 0 Å². The SMILES string of the molecule is CC(=O)NC[C@H](C)NC(C)C. The molecule has 0 radical (unpaired) electrons. The number of carbonyl (C=O) groups excluding carboxylic acids is 1. The summed E-state index contributed by atoms with van der Waals surface area (Å²) < 4.78 is 0. The number of rotatable bonds is 4. The molecule has 0 rings (SSSR count). The number of carbonyl (C=O) groups is 1. The molecule has 1 amide bonds. The fraction of sp³-hybridized carbons (Fsp3) is 0.875. The molecule has 3 heteroatoms. The van der Waals surface area contributed by atoms with Crippen LogP contribution in [0.5, 0.6) is 0 Å². The summed E-state index contributed by atoms with van der Waals surface area (Å²) in [7, 11) is 0. The van der Waals surface area contributed by atoms with Gasteiger partial charge in [0.25, 0.3) is 0 Å². The molecule has 0 spiro atoms. The molecule has 0 fully saturated rings. The van der Waals surface area contributed by atoms with Crippen LogP contribution in [-0.2, 0) is 4.79 Å². The Morgan fingerprint density at radius 3 is 2.27 bits per heavy atom. The van der Waals surface area contributed by atoms with Crippen LogP contribution < -0.4 is 10.6 Å². The molecule has 0 unspecified atom stereocenters. The van der Waals surface area contributed by atoms with E-state index >= 15 is 0 Å². The predicted molar refractivity (Wildman–Crippen MR) is 46.4 cm³/mol. The van der Waals surface area contributed by atoms with Crippen molar-refractivity contribution in [2.75, 3.05) is 6.54 Å². The zero-order valence-corrected chi connectivity index (χ0v) is 7.77. The largest absolute Gasteiger partial charge is 0.355 e. The standard InChI is InChI=1S/C8H18N2O/c1-6(2)10-7(3)5-9-8(4)11/h6-7,10H,5H2,1-4H3,(H,9,11)/t7-/m0/s1. The number of amides is 1. The van der Waals surface area contributed by atoms with E-state index in [1.165, 1.54) is 6.92 Å². The number of hydrogen-bond donors (Lipinski definition) is 2. The highest BCUT2D eigenvalue weighted by Crippen LogP contribution is 1.83. The third kappa shape index (κ3) is 7.33. The van der Waals surface area contributed by atoms with Gasteiger partial charge in [0.05, 0.1) is 0 Å². The van der Waals surface area contributed by atoms with Gasteiger partial charge in [0.2, 0.25) is 5.91 Å². The van der Waals surface area contributed by atoms with Crippen LogP contribution in [-0.4, -0.2) is 24.5 Å². The third-order valence-corrected chi connectivity index (χ3v) is 1.28. The van der Waals surface area contributed by atoms with E-state index in [1.54, 1.807) is 0 Å². The minimum atomic E-state index is 0.0300. The van der Waals surface area contributed by atoms with Crippen LogP contribution in [0.2, 0.25) is 0 Å². The van der Waals surface area contributed by atoms with Crippen molar-refractivity contribution in [3.8, 4) is 0 Å². The number of hydrogen-bond acceptors (Lipinski definition) is 2. The molecule has 0 saturated heterocycles. The lowest BCUT2D eigenvalue weighted by Crippen LogP contribution is -2.41. The maximum atomic E-state index is 10.5. The second-order valence-electron chi connectivity index (χ2n) is 3.16. The van der Waals surface area contributed by atoms with Crippen LogP contribution in [0, 0.1) is 0 Å². The van der Waals surface area contributed by atoms with Gasteiger partial charge in [-0.25, -0.2) is 0 Å². The Balaban J connectivity index is 3.37. The Labute approximate surface area is 68.6 Å². The van der Waals surface area contributed by atoms with Crippen molar-refractivity contribution >= 4 is 5.91 Å². The normalized spacial score (nSPS) is 13.2. The zero-order valence-electron chi connectivity index (χ0n) is 7.77. The van der Waals surface area contributed by atoms with Gasteiger partial charge in [-0.3, -0.25) is 4.79 Å². The van der Waals surface area contributed by atoms with Crippen LogP contribution in [0.3, 0.4) is 0 Å². The fourth-order valence-electron chi connectivity index (χ4n) is 0.925. The van der Waals surface area contributed by atoms with Gasteiger partial charge in [-0.15, -0.1) is 0 Å². The first-order valence-corrected chi connectivity index (χ1v) is 4.03. The smallest absolute Gasteiger partial charge is 0.216 e. The highest BCUT2D eigenvalue weighted by Gasteiger charge is 2.02. The van der Waals surface area contributed by atoms with Crippen LogP contribution in [0.15, 0.2) is 0 Å². The van der Waals surface area contributed by atoms with E-state index in [9.17, 15) is 4.79 Å². The van der Waals surface area contributed by atoms with E-state index in [1.807, 2.05) is 0 Å². The molecular weight excluding hydrogens is 140 g/mol. The summed E-state index contributed by atoms with van der Waals surface area (Å²) in [4.78, 5) is 10.5. The Morgan fingerprint density at radius 2 is 1.91 bits per heavy atom. The zero-order chi connectivity index (χ0) is 8.85. The van der Waals surface area contributed by atoms with Crippen LogP contribution in [0.1, 0.15) is 27.7 Å². The Morgan fingerprint density at radius 1 is 1.36 bits per heavy atom. The van der Waals surface area contributed by atoms with Gasteiger partial charge in [0.1, 0.15) is 0 Å². The first-order chi connectivity index (χ1) is 5.02. The third-order valence-electron chi connectivity index (χ3n) is 1.28. The van der Waals surface area contributed by atoms with Gasteiger partial charge in [-0.05, 0) is 6.92 Å². The van der Waals surface area contributed by atoms with E-state index in [2.05, 4.69) is 31.4 Å². The molecule has 0 saturated carbocycles. The molecule has 2 N–H and O–H groups in total. The molecule has 0 aliphatic rings. The maximum Gasteiger partial charge on any atom is 0.216 e. The Hall–Kier alpha value is -0.570. The summed E-state index contributed by atoms with van der Waals surface area (Å²) in [6.07, 6.45) is 0. The molecule has 0 aromatic rings. The van der Waals surface area contributed by atoms with Crippen LogP contribution in [0.4, 0.5) is 0 Å². The summed E-state index contributed by atoms with van der Waals surface area (Å²) in [6, 6.07) is 0.817. The van der Waals surface area contributed by atoms with Crippen molar-refractivity contribution in [1.82, 2.24) is 10.6 Å².